The van der Waals surface area contributed by atoms with Gasteiger partial charge >= 0.3 is 5.97 Å². The lowest BCUT2D eigenvalue weighted by Crippen LogP contribution is -2.12. The van der Waals surface area contributed by atoms with Gasteiger partial charge in [0.25, 0.3) is 5.91 Å². The molecule has 2 rings (SSSR count). The molecule has 1 aromatic carbocycles. The number of aromatic nitrogens is 1. The lowest BCUT2D eigenvalue weighted by molar-refractivity contribution is 0.0600. The zero-order chi connectivity index (χ0) is 14.7. The molecule has 1 heterocycles. The molecule has 20 heavy (non-hydrogen) atoms. The van der Waals surface area contributed by atoms with Crippen molar-refractivity contribution in [1.29, 1.82) is 0 Å². The number of esters is 1. The van der Waals surface area contributed by atoms with Gasteiger partial charge in [0.1, 0.15) is 4.88 Å². The third-order valence-electron chi connectivity index (χ3n) is 2.61. The minimum atomic E-state index is -0.457. The minimum Gasteiger partial charge on any atom is -0.465 e. The number of benzene rings is 1. The van der Waals surface area contributed by atoms with Crippen LogP contribution in [-0.2, 0) is 4.74 Å². The highest BCUT2D eigenvalue weighted by molar-refractivity contribution is 7.17. The fraction of sp³-hybridized carbons (Fsp3) is 0.154. The standard InChI is InChI=1S/C13H11ClN2O3S/c1-7-3-4-8(12(18)19-2)5-9(7)16-11(17)10-6-15-13(14)20-10/h3-6H,1-2H3,(H,16,17). The number of anilines is 1. The lowest BCUT2D eigenvalue weighted by atomic mass is 10.1. The van der Waals surface area contributed by atoms with Gasteiger partial charge in [0.2, 0.25) is 0 Å². The fourth-order valence-corrected chi connectivity index (χ4v) is 2.38. The van der Waals surface area contributed by atoms with E-state index in [-0.39, 0.29) is 5.91 Å². The Morgan fingerprint density at radius 1 is 1.40 bits per heavy atom. The average molecular weight is 311 g/mol. The molecule has 1 N–H and O–H groups in total. The van der Waals surface area contributed by atoms with Crippen molar-refractivity contribution in [3.63, 3.8) is 0 Å². The normalized spacial score (nSPS) is 10.2. The molecular formula is C13H11ClN2O3S. The number of halogens is 1. The molecule has 0 fully saturated rings. The second-order valence-electron chi connectivity index (χ2n) is 3.95. The highest BCUT2D eigenvalue weighted by Gasteiger charge is 2.13. The van der Waals surface area contributed by atoms with E-state index in [1.165, 1.54) is 13.3 Å². The van der Waals surface area contributed by atoms with Gasteiger partial charge in [-0.15, -0.1) is 0 Å². The van der Waals surface area contributed by atoms with E-state index < -0.39 is 5.97 Å². The van der Waals surface area contributed by atoms with Crippen LogP contribution in [0.2, 0.25) is 4.47 Å². The summed E-state index contributed by atoms with van der Waals surface area (Å²) in [5.41, 5.74) is 1.75. The number of ether oxygens (including phenoxy) is 1. The van der Waals surface area contributed by atoms with Gasteiger partial charge in [0.15, 0.2) is 4.47 Å². The molecule has 0 spiro atoms. The van der Waals surface area contributed by atoms with E-state index in [1.54, 1.807) is 18.2 Å². The van der Waals surface area contributed by atoms with Crippen molar-refractivity contribution in [2.24, 2.45) is 0 Å². The summed E-state index contributed by atoms with van der Waals surface area (Å²) in [7, 11) is 1.31. The Morgan fingerprint density at radius 3 is 2.75 bits per heavy atom. The highest BCUT2D eigenvalue weighted by atomic mass is 35.5. The summed E-state index contributed by atoms with van der Waals surface area (Å²) in [4.78, 5) is 27.7. The van der Waals surface area contributed by atoms with Crippen LogP contribution < -0.4 is 5.32 Å². The SMILES string of the molecule is COC(=O)c1ccc(C)c(NC(=O)c2cnc(Cl)s2)c1. The van der Waals surface area contributed by atoms with Crippen molar-refractivity contribution in [2.75, 3.05) is 12.4 Å². The monoisotopic (exact) mass is 310 g/mol. The summed E-state index contributed by atoms with van der Waals surface area (Å²) in [5.74, 6) is -0.777. The largest absolute Gasteiger partial charge is 0.465 e. The van der Waals surface area contributed by atoms with Crippen molar-refractivity contribution in [1.82, 2.24) is 4.98 Å². The molecule has 104 valence electrons. The van der Waals surface area contributed by atoms with Crippen LogP contribution in [0, 0.1) is 6.92 Å². The second kappa shape index (κ2) is 6.02. The summed E-state index contributed by atoms with van der Waals surface area (Å²) in [6.07, 6.45) is 1.40. The van der Waals surface area contributed by atoms with Crippen LogP contribution in [0.15, 0.2) is 24.4 Å². The number of aryl methyl sites for hydroxylation is 1. The van der Waals surface area contributed by atoms with Crippen LogP contribution in [0.4, 0.5) is 5.69 Å². The van der Waals surface area contributed by atoms with Crippen molar-refractivity contribution < 1.29 is 14.3 Å². The van der Waals surface area contributed by atoms with Crippen molar-refractivity contribution in [3.05, 3.63) is 44.9 Å². The first-order chi connectivity index (χ1) is 9.51. The average Bonchev–Trinajstić information content (AvgIpc) is 2.87. The van der Waals surface area contributed by atoms with Gasteiger partial charge in [-0.25, -0.2) is 9.78 Å². The number of methoxy groups -OCH3 is 1. The van der Waals surface area contributed by atoms with E-state index >= 15 is 0 Å². The Labute approximate surface area is 124 Å². The summed E-state index contributed by atoms with van der Waals surface area (Å²) in [6.45, 7) is 1.83. The van der Waals surface area contributed by atoms with E-state index in [9.17, 15) is 9.59 Å². The Balaban J connectivity index is 2.24. The topological polar surface area (TPSA) is 68.3 Å². The van der Waals surface area contributed by atoms with Gasteiger partial charge in [-0.05, 0) is 24.6 Å². The quantitative estimate of drug-likeness (QED) is 0.884. The summed E-state index contributed by atoms with van der Waals surface area (Å²) >= 11 is 6.78. The molecule has 0 aliphatic heterocycles. The molecule has 7 heteroatoms. The Hall–Kier alpha value is -1.92. The van der Waals surface area contributed by atoms with Gasteiger partial charge in [0.05, 0.1) is 18.9 Å². The molecule has 0 saturated heterocycles. The summed E-state index contributed by atoms with van der Waals surface area (Å²) in [6, 6.07) is 4.95. The van der Waals surface area contributed by atoms with E-state index in [2.05, 4.69) is 15.0 Å². The number of hydrogen-bond donors (Lipinski definition) is 1. The van der Waals surface area contributed by atoms with E-state index in [0.717, 1.165) is 16.9 Å². The zero-order valence-electron chi connectivity index (χ0n) is 10.8. The number of nitrogens with zero attached hydrogens (tertiary/aromatic N) is 1. The maximum absolute atomic E-state index is 12.0. The maximum atomic E-state index is 12.0. The number of hydrogen-bond acceptors (Lipinski definition) is 5. The molecule has 0 aliphatic carbocycles. The molecule has 1 aromatic heterocycles. The number of amides is 1. The molecule has 0 saturated carbocycles. The van der Waals surface area contributed by atoms with Gasteiger partial charge in [0, 0.05) is 5.69 Å². The van der Waals surface area contributed by atoms with Crippen LogP contribution in [0.5, 0.6) is 0 Å². The van der Waals surface area contributed by atoms with Crippen LogP contribution in [0.3, 0.4) is 0 Å². The van der Waals surface area contributed by atoms with Gasteiger partial charge < -0.3 is 10.1 Å². The predicted molar refractivity (Wildman–Crippen MR) is 77.6 cm³/mol. The molecule has 5 nitrogen and oxygen atoms in total. The second-order valence-corrected chi connectivity index (χ2v) is 5.57. The first-order valence-electron chi connectivity index (χ1n) is 5.63. The molecule has 2 aromatic rings. The Morgan fingerprint density at radius 2 is 2.15 bits per heavy atom. The third kappa shape index (κ3) is 3.15. The molecule has 0 atom stereocenters. The molecule has 0 radical (unpaired) electrons. The first-order valence-corrected chi connectivity index (χ1v) is 6.82. The Bertz CT molecular complexity index is 669. The van der Waals surface area contributed by atoms with E-state index in [1.807, 2.05) is 6.92 Å². The highest BCUT2D eigenvalue weighted by Crippen LogP contribution is 2.22. The minimum absolute atomic E-state index is 0.301. The van der Waals surface area contributed by atoms with Crippen LogP contribution >= 0.6 is 22.9 Å². The number of rotatable bonds is 3. The molecule has 1 amide bonds. The Kier molecular flexibility index (Phi) is 4.36. The molecule has 0 bridgehead atoms. The van der Waals surface area contributed by atoms with Crippen molar-refractivity contribution in [2.45, 2.75) is 6.92 Å². The molecule has 0 unspecified atom stereocenters. The van der Waals surface area contributed by atoms with Crippen LogP contribution in [0.25, 0.3) is 0 Å². The van der Waals surface area contributed by atoms with Crippen LogP contribution in [-0.4, -0.2) is 24.0 Å². The third-order valence-corrected chi connectivity index (χ3v) is 3.72. The smallest absolute Gasteiger partial charge is 0.337 e. The molecular weight excluding hydrogens is 300 g/mol. The van der Waals surface area contributed by atoms with Gasteiger partial charge in [-0.1, -0.05) is 29.0 Å². The number of carbonyl (C=O) groups excluding carboxylic acids is 2. The maximum Gasteiger partial charge on any atom is 0.337 e. The van der Waals surface area contributed by atoms with E-state index in [0.29, 0.717) is 20.6 Å². The number of nitrogens with one attached hydrogen (secondary N) is 1. The van der Waals surface area contributed by atoms with Crippen LogP contribution in [0.1, 0.15) is 25.6 Å². The first kappa shape index (κ1) is 14.5. The zero-order valence-corrected chi connectivity index (χ0v) is 12.3. The van der Waals surface area contributed by atoms with Gasteiger partial charge in [-0.3, -0.25) is 4.79 Å². The predicted octanol–water partition coefficient (Wildman–Crippen LogP) is 3.14. The summed E-state index contributed by atoms with van der Waals surface area (Å²) < 4.78 is 4.95. The lowest BCUT2D eigenvalue weighted by Gasteiger charge is -2.09. The molecule has 0 aliphatic rings. The fourth-order valence-electron chi connectivity index (χ4n) is 1.54. The van der Waals surface area contributed by atoms with Crippen molar-refractivity contribution in [3.8, 4) is 0 Å². The number of thiazole rings is 1. The van der Waals surface area contributed by atoms with Crippen molar-refractivity contribution >= 4 is 40.5 Å². The summed E-state index contributed by atoms with van der Waals surface area (Å²) in [5, 5.41) is 2.72. The number of carbonyl (C=O) groups is 2. The van der Waals surface area contributed by atoms with Gasteiger partial charge in [-0.2, -0.15) is 0 Å². The van der Waals surface area contributed by atoms with E-state index in [4.69, 9.17) is 11.6 Å².